The Morgan fingerprint density at radius 3 is 2.61 bits per heavy atom. The Kier molecular flexibility index (Phi) is 9.35. The van der Waals surface area contributed by atoms with Crippen molar-refractivity contribution in [1.82, 2.24) is 29.3 Å². The molecule has 4 aromatic rings. The topological polar surface area (TPSA) is 147 Å². The van der Waals surface area contributed by atoms with Crippen LogP contribution in [0.2, 0.25) is 0 Å². The smallest absolute Gasteiger partial charge is 0.408 e. The number of nitrogens with zero attached hydrogens (tertiary/aromatic N) is 5. The van der Waals surface area contributed by atoms with Gasteiger partial charge in [0, 0.05) is 38.5 Å². The van der Waals surface area contributed by atoms with Crippen LogP contribution in [0.1, 0.15) is 56.6 Å². The van der Waals surface area contributed by atoms with Gasteiger partial charge < -0.3 is 28.8 Å². The number of aromatic nitrogens is 4. The van der Waals surface area contributed by atoms with Gasteiger partial charge >= 0.3 is 6.09 Å². The molecule has 2 atom stereocenters. The summed E-state index contributed by atoms with van der Waals surface area (Å²) in [6.07, 6.45) is 2.31. The Labute approximate surface area is 284 Å². The quantitative estimate of drug-likeness (QED) is 0.210. The number of rotatable bonds is 12. The number of amides is 2. The van der Waals surface area contributed by atoms with Gasteiger partial charge in [0.25, 0.3) is 16.0 Å². The van der Waals surface area contributed by atoms with Crippen LogP contribution in [0.25, 0.3) is 33.6 Å². The second kappa shape index (κ2) is 13.2. The molecule has 0 spiro atoms. The summed E-state index contributed by atoms with van der Waals surface area (Å²) in [5.74, 6) is 1.49. The Morgan fingerprint density at radius 2 is 1.94 bits per heavy atom. The second-order valence-corrected chi connectivity index (χ2v) is 15.6. The first-order valence-electron chi connectivity index (χ1n) is 16.4. The molecule has 1 fully saturated rings. The number of carbonyl (C=O) groups excluding carboxylic acids is 2. The predicted molar refractivity (Wildman–Crippen MR) is 182 cm³/mol. The number of hydrogen-bond acceptors (Lipinski definition) is 9. The Balaban J connectivity index is 1.30. The summed E-state index contributed by atoms with van der Waals surface area (Å²) in [6.45, 7) is 7.08. The molecule has 49 heavy (non-hydrogen) atoms. The molecule has 2 aliphatic rings. The monoisotopic (exact) mass is 698 g/mol. The number of aryl methyl sites for hydroxylation is 1. The number of alkyl halides is 1. The van der Waals surface area contributed by atoms with Crippen LogP contribution < -0.4 is 10.1 Å². The lowest BCUT2D eigenvalue weighted by Crippen LogP contribution is -2.50. The summed E-state index contributed by atoms with van der Waals surface area (Å²) in [7, 11) is -1.73. The van der Waals surface area contributed by atoms with Crippen LogP contribution in [0.15, 0.2) is 30.3 Å². The zero-order chi connectivity index (χ0) is 35.2. The first-order chi connectivity index (χ1) is 23.1. The van der Waals surface area contributed by atoms with Crippen molar-refractivity contribution in [2.75, 3.05) is 32.6 Å². The molecule has 13 nitrogen and oxygen atoms in total. The molecular formula is C34H43FN6O7S. The summed E-state index contributed by atoms with van der Waals surface area (Å²) >= 11 is 0. The van der Waals surface area contributed by atoms with Crippen LogP contribution in [0.3, 0.4) is 0 Å². The highest BCUT2D eigenvalue weighted by molar-refractivity contribution is 7.86. The number of carbonyl (C=O) groups is 2. The fourth-order valence-corrected chi connectivity index (χ4v) is 6.84. The average Bonchev–Trinajstić information content (AvgIpc) is 3.68. The van der Waals surface area contributed by atoms with Gasteiger partial charge in [-0.2, -0.15) is 8.42 Å². The minimum atomic E-state index is -3.63. The molecule has 1 N–H and O–H groups in total. The predicted octanol–water partition coefficient (Wildman–Crippen LogP) is 4.60. The minimum Gasteiger partial charge on any atom is -0.489 e. The third kappa shape index (κ3) is 7.82. The highest BCUT2D eigenvalue weighted by atomic mass is 32.2. The van der Waals surface area contributed by atoms with E-state index in [-0.39, 0.29) is 19.1 Å². The Bertz CT molecular complexity index is 2010. The van der Waals surface area contributed by atoms with Gasteiger partial charge in [-0.05, 0) is 64.7 Å². The van der Waals surface area contributed by atoms with Crippen molar-refractivity contribution < 1.29 is 36.1 Å². The number of imidazole rings is 1. The van der Waals surface area contributed by atoms with E-state index in [9.17, 15) is 22.4 Å². The van der Waals surface area contributed by atoms with Crippen molar-refractivity contribution in [3.05, 3.63) is 41.6 Å². The van der Waals surface area contributed by atoms with E-state index >= 15 is 0 Å². The maximum Gasteiger partial charge on any atom is 0.408 e. The van der Waals surface area contributed by atoms with Crippen LogP contribution in [-0.2, 0) is 39.1 Å². The van der Waals surface area contributed by atoms with Crippen molar-refractivity contribution in [2.24, 2.45) is 13.0 Å². The minimum absolute atomic E-state index is 0.00957. The van der Waals surface area contributed by atoms with E-state index in [4.69, 9.17) is 23.6 Å². The molecular weight excluding hydrogens is 655 g/mol. The number of benzene rings is 1. The third-order valence-corrected chi connectivity index (χ3v) is 9.15. The molecule has 6 rings (SSSR count). The zero-order valence-corrected chi connectivity index (χ0v) is 29.5. The molecule has 1 aliphatic heterocycles. The third-order valence-electron chi connectivity index (χ3n) is 8.47. The van der Waals surface area contributed by atoms with Gasteiger partial charge in [0.1, 0.15) is 36.3 Å². The van der Waals surface area contributed by atoms with E-state index < -0.39 is 40.6 Å². The number of pyridine rings is 1. The summed E-state index contributed by atoms with van der Waals surface area (Å²) in [5, 5.41) is 3.47. The molecule has 0 saturated heterocycles. The first kappa shape index (κ1) is 34.6. The van der Waals surface area contributed by atoms with Gasteiger partial charge in [-0.25, -0.2) is 19.2 Å². The van der Waals surface area contributed by atoms with Crippen LogP contribution in [0, 0.1) is 5.92 Å². The number of alkyl carbamates (subject to hydrolysis) is 1. The normalized spacial score (nSPS) is 16.6. The highest BCUT2D eigenvalue weighted by Gasteiger charge is 2.31. The summed E-state index contributed by atoms with van der Waals surface area (Å²) < 4.78 is 57.7. The molecule has 1 saturated carbocycles. The van der Waals surface area contributed by atoms with E-state index in [0.717, 1.165) is 42.2 Å². The number of para-hydroxylation sites is 1. The molecule has 2 unspecified atom stereocenters. The number of hydrogen-bond donors (Lipinski definition) is 1. The number of ether oxygens (including phenoxy) is 2. The maximum absolute atomic E-state index is 13.9. The van der Waals surface area contributed by atoms with Gasteiger partial charge in [-0.15, -0.1) is 0 Å². The van der Waals surface area contributed by atoms with E-state index in [1.165, 1.54) is 4.90 Å². The lowest BCUT2D eigenvalue weighted by molar-refractivity contribution is 0.0465. The molecule has 0 radical (unpaired) electrons. The fraction of sp³-hybridized carbons (Fsp3) is 0.529. The molecule has 15 heteroatoms. The van der Waals surface area contributed by atoms with Gasteiger partial charge in [0.2, 0.25) is 0 Å². The number of halogens is 1. The number of nitrogens with one attached hydrogen (secondary N) is 1. The maximum atomic E-state index is 13.9. The standard InChI is InChI=1S/C34H43FN6O7S/c1-20(48-49(6,44)45)19-46-28-9-7-8-22-14-27(41(29(22)28)17-21-10-11-21)31-38-26-15-24-25(37-30(26)39(31)5)12-13-40(32(24)42)18-23(16-35)36-33(43)47-34(2,3)4/h7-9,14-15,20-21,23H,10-13,16-19H2,1-6H3,(H,36,43). The van der Waals surface area contributed by atoms with Crippen molar-refractivity contribution in [3.8, 4) is 17.3 Å². The lowest BCUT2D eigenvalue weighted by atomic mass is 10.0. The van der Waals surface area contributed by atoms with E-state index in [2.05, 4.69) is 16.0 Å². The van der Waals surface area contributed by atoms with E-state index in [1.54, 1.807) is 33.8 Å². The SMILES string of the molecule is CC(COc1cccc2cc(-c3nc4cc5c(nc4n3C)CCN(CC(CF)NC(=O)OC(C)(C)C)C5=O)n(CC3CC3)c12)OS(C)(=O)=O. The highest BCUT2D eigenvalue weighted by Crippen LogP contribution is 2.39. The van der Waals surface area contributed by atoms with E-state index in [0.29, 0.717) is 52.9 Å². The molecule has 1 aromatic carbocycles. The van der Waals surface area contributed by atoms with Crippen LogP contribution in [0.4, 0.5) is 9.18 Å². The van der Waals surface area contributed by atoms with Gasteiger partial charge in [0.05, 0.1) is 34.8 Å². The van der Waals surface area contributed by atoms with Gasteiger partial charge in [-0.1, -0.05) is 12.1 Å². The van der Waals surface area contributed by atoms with Crippen LogP contribution in [-0.4, -0.2) is 94.8 Å². The molecule has 0 bridgehead atoms. The fourth-order valence-electron chi connectivity index (χ4n) is 6.19. The number of fused-ring (bicyclic) bond motifs is 3. The second-order valence-electron chi connectivity index (χ2n) is 14.0. The molecule has 2 amide bonds. The zero-order valence-electron chi connectivity index (χ0n) is 28.7. The molecule has 264 valence electrons. The average molecular weight is 699 g/mol. The Hall–Kier alpha value is -4.24. The van der Waals surface area contributed by atoms with Crippen molar-refractivity contribution in [2.45, 2.75) is 71.2 Å². The molecule has 3 aromatic heterocycles. The van der Waals surface area contributed by atoms with Crippen LogP contribution in [0.5, 0.6) is 5.75 Å². The molecule has 1 aliphatic carbocycles. The van der Waals surface area contributed by atoms with Gasteiger partial charge in [0.15, 0.2) is 11.5 Å². The Morgan fingerprint density at radius 1 is 1.18 bits per heavy atom. The lowest BCUT2D eigenvalue weighted by Gasteiger charge is -2.31. The van der Waals surface area contributed by atoms with Crippen molar-refractivity contribution in [3.63, 3.8) is 0 Å². The summed E-state index contributed by atoms with van der Waals surface area (Å²) in [4.78, 5) is 37.3. The van der Waals surface area contributed by atoms with Crippen LogP contribution >= 0.6 is 0 Å². The molecule has 4 heterocycles. The van der Waals surface area contributed by atoms with Gasteiger partial charge in [-0.3, -0.25) is 8.98 Å². The largest absolute Gasteiger partial charge is 0.489 e. The van der Waals surface area contributed by atoms with Crippen molar-refractivity contribution >= 4 is 44.2 Å². The first-order valence-corrected chi connectivity index (χ1v) is 18.3. The summed E-state index contributed by atoms with van der Waals surface area (Å²) in [6, 6.07) is 8.64. The van der Waals surface area contributed by atoms with E-state index in [1.807, 2.05) is 29.8 Å². The summed E-state index contributed by atoms with van der Waals surface area (Å²) in [5.41, 5.74) is 3.23. The van der Waals surface area contributed by atoms with Crippen molar-refractivity contribution in [1.29, 1.82) is 0 Å².